The van der Waals surface area contributed by atoms with Crippen LogP contribution in [0.25, 0.3) is 11.2 Å². The number of nitrogens with zero attached hydrogens (tertiary/aromatic N) is 4. The molecule has 30 heavy (non-hydrogen) atoms. The van der Waals surface area contributed by atoms with E-state index in [1.807, 2.05) is 0 Å². The fourth-order valence-electron chi connectivity index (χ4n) is 2.97. The van der Waals surface area contributed by atoms with Gasteiger partial charge in [0.2, 0.25) is 11.1 Å². The average Bonchev–Trinajstić information content (AvgIpc) is 3.17. The minimum absolute atomic E-state index is 0.00286. The smallest absolute Gasteiger partial charge is 0.363 e. The number of anilines is 1. The summed E-state index contributed by atoms with van der Waals surface area (Å²) in [4.78, 5) is 42.4. The number of aliphatic hydroxyl groups excluding tert-OH is 2. The predicted octanol–water partition coefficient (Wildman–Crippen LogP) is -1.66. The summed E-state index contributed by atoms with van der Waals surface area (Å²) >= 11 is 5.81. The minimum atomic E-state index is -4.96. The third-order valence-corrected chi connectivity index (χ3v) is 5.50. The van der Waals surface area contributed by atoms with Crippen molar-refractivity contribution in [2.24, 2.45) is 0 Å². The molecule has 2 aromatic heterocycles. The van der Waals surface area contributed by atoms with Crippen molar-refractivity contribution in [2.45, 2.75) is 37.3 Å². The third kappa shape index (κ3) is 4.40. The molecule has 3 heterocycles. The van der Waals surface area contributed by atoms with Crippen LogP contribution in [-0.4, -0.2) is 82.7 Å². The second-order valence-electron chi connectivity index (χ2n) is 6.42. The molecule has 0 bridgehead atoms. The Morgan fingerprint density at radius 3 is 2.77 bits per heavy atom. The summed E-state index contributed by atoms with van der Waals surface area (Å²) in [6.45, 7) is 1.10. The van der Waals surface area contributed by atoms with Crippen LogP contribution in [0.2, 0.25) is 5.28 Å². The lowest BCUT2D eigenvalue weighted by Crippen LogP contribution is -2.40. The molecular weight excluding hydrogens is 447 g/mol. The quantitative estimate of drug-likeness (QED) is 0.199. The van der Waals surface area contributed by atoms with E-state index in [2.05, 4.69) is 20.3 Å². The van der Waals surface area contributed by atoms with E-state index >= 15 is 0 Å². The number of hydrogen-bond acceptors (Lipinski definition) is 10. The summed E-state index contributed by atoms with van der Waals surface area (Å²) in [5, 5.41) is 22.8. The number of aromatic nitrogens is 4. The van der Waals surface area contributed by atoms with Gasteiger partial charge in [-0.25, -0.2) is 4.98 Å². The van der Waals surface area contributed by atoms with Gasteiger partial charge in [-0.3, -0.25) is 13.9 Å². The normalized spacial score (nSPS) is 25.5. The van der Waals surface area contributed by atoms with Crippen LogP contribution in [0.5, 0.6) is 0 Å². The summed E-state index contributed by atoms with van der Waals surface area (Å²) in [7, 11) is -4.96. The Morgan fingerprint density at radius 2 is 2.13 bits per heavy atom. The Labute approximate surface area is 174 Å². The molecule has 16 heteroatoms. The van der Waals surface area contributed by atoms with Crippen LogP contribution in [0, 0.1) is 0 Å². The highest BCUT2D eigenvalue weighted by molar-refractivity contribution is 7.53. The number of hydrogen-bond donors (Lipinski definition) is 6. The molecule has 1 aliphatic heterocycles. The molecule has 0 spiro atoms. The minimum Gasteiger partial charge on any atom is -0.387 e. The molecule has 0 saturated carbocycles. The number of likely N-dealkylation sites (N-methyl/N-ethyl adjacent to an activating group) is 1. The van der Waals surface area contributed by atoms with Gasteiger partial charge >= 0.3 is 7.60 Å². The second-order valence-corrected chi connectivity index (χ2v) is 8.40. The van der Waals surface area contributed by atoms with Crippen LogP contribution in [0.15, 0.2) is 6.33 Å². The average molecular weight is 467 g/mol. The van der Waals surface area contributed by atoms with Crippen LogP contribution in [-0.2, 0) is 18.8 Å². The molecule has 0 unspecified atom stereocenters. The highest BCUT2D eigenvalue weighted by atomic mass is 35.5. The van der Waals surface area contributed by atoms with Gasteiger partial charge in [-0.15, -0.1) is 0 Å². The Kier molecular flexibility index (Phi) is 6.60. The van der Waals surface area contributed by atoms with Crippen molar-refractivity contribution in [1.29, 1.82) is 0 Å². The van der Waals surface area contributed by atoms with Crippen molar-refractivity contribution >= 4 is 42.1 Å². The van der Waals surface area contributed by atoms with Crippen molar-refractivity contribution < 1.29 is 38.8 Å². The van der Waals surface area contributed by atoms with E-state index in [1.54, 1.807) is 6.92 Å². The van der Waals surface area contributed by atoms with E-state index in [9.17, 15) is 29.4 Å². The molecule has 3 rings (SSSR count). The van der Waals surface area contributed by atoms with Gasteiger partial charge in [-0.05, 0) is 18.5 Å². The lowest BCUT2D eigenvalue weighted by Gasteiger charge is -2.21. The van der Waals surface area contributed by atoms with Gasteiger partial charge in [0.25, 0.3) is 5.91 Å². The Hall–Kier alpha value is -1.90. The molecule has 7 N–H and O–H groups in total. The van der Waals surface area contributed by atoms with Crippen molar-refractivity contribution in [3.63, 3.8) is 0 Å². The second kappa shape index (κ2) is 8.69. The first-order chi connectivity index (χ1) is 14.0. The largest absolute Gasteiger partial charge is 0.387 e. The van der Waals surface area contributed by atoms with Crippen molar-refractivity contribution in [2.75, 3.05) is 18.9 Å². The fraction of sp³-hybridized carbons (Fsp3) is 0.571. The number of nitrogens with two attached hydrogens (primary N) is 1. The number of halogens is 1. The van der Waals surface area contributed by atoms with Gasteiger partial charge in [-0.2, -0.15) is 9.97 Å². The molecule has 1 aliphatic rings. The van der Waals surface area contributed by atoms with Gasteiger partial charge < -0.3 is 40.5 Å². The summed E-state index contributed by atoms with van der Waals surface area (Å²) in [5.74, 6) is -3.11. The van der Waals surface area contributed by atoms with Crippen LogP contribution in [0.1, 0.15) is 13.2 Å². The molecule has 2 aromatic rings. The summed E-state index contributed by atoms with van der Waals surface area (Å²) in [6, 6.07) is 0. The highest BCUT2D eigenvalue weighted by Crippen LogP contribution is 2.42. The number of nitrogen functional groups attached to an aromatic ring is 1. The molecule has 0 aliphatic carbocycles. The van der Waals surface area contributed by atoms with Gasteiger partial charge in [0.15, 0.2) is 17.7 Å². The number of rotatable bonds is 7. The molecule has 5 atom stereocenters. The SMILES string of the molecule is CCNC(=O)[C@H](OC[C@H]1O[C@@H](n2cnc3c(N)nc(Cl)nc32)[C@H](O)[C@H]1O)P(=O)(O)O. The van der Waals surface area contributed by atoms with Crippen LogP contribution in [0.4, 0.5) is 5.82 Å². The molecule has 0 aromatic carbocycles. The lowest BCUT2D eigenvalue weighted by atomic mass is 10.1. The van der Waals surface area contributed by atoms with E-state index in [0.717, 1.165) is 0 Å². The Bertz CT molecular complexity index is 985. The maximum absolute atomic E-state index is 11.9. The number of carbonyl (C=O) groups is 1. The van der Waals surface area contributed by atoms with Crippen molar-refractivity contribution in [1.82, 2.24) is 24.8 Å². The number of aliphatic hydroxyl groups is 2. The molecule has 1 amide bonds. The number of ether oxygens (including phenoxy) is 2. The first-order valence-electron chi connectivity index (χ1n) is 8.66. The van der Waals surface area contributed by atoms with E-state index in [0.29, 0.717) is 0 Å². The molecule has 1 saturated heterocycles. The number of imidazole rings is 1. The van der Waals surface area contributed by atoms with Gasteiger partial charge in [-0.1, -0.05) is 0 Å². The first kappa shape index (κ1) is 22.8. The van der Waals surface area contributed by atoms with E-state index < -0.39 is 50.5 Å². The summed E-state index contributed by atoms with van der Waals surface area (Å²) in [5.41, 5.74) is 6.07. The maximum Gasteiger partial charge on any atom is 0.363 e. The molecule has 166 valence electrons. The molecule has 14 nitrogen and oxygen atoms in total. The summed E-state index contributed by atoms with van der Waals surface area (Å²) in [6.07, 6.45) is -4.15. The molecule has 0 radical (unpaired) electrons. The van der Waals surface area contributed by atoms with Crippen LogP contribution >= 0.6 is 19.2 Å². The Balaban J connectivity index is 1.79. The number of amides is 1. The molecule has 1 fully saturated rings. The molecular formula is C14H20ClN6O8P. The van der Waals surface area contributed by atoms with Gasteiger partial charge in [0.1, 0.15) is 23.8 Å². The lowest BCUT2D eigenvalue weighted by molar-refractivity contribution is -0.132. The van der Waals surface area contributed by atoms with Gasteiger partial charge in [0, 0.05) is 6.54 Å². The maximum atomic E-state index is 11.9. The first-order valence-corrected chi connectivity index (χ1v) is 10.7. The Morgan fingerprint density at radius 1 is 1.43 bits per heavy atom. The number of fused-ring (bicyclic) bond motifs is 1. The monoisotopic (exact) mass is 466 g/mol. The predicted molar refractivity (Wildman–Crippen MR) is 101 cm³/mol. The van der Waals surface area contributed by atoms with Crippen LogP contribution in [0.3, 0.4) is 0 Å². The van der Waals surface area contributed by atoms with E-state index in [4.69, 9.17) is 26.8 Å². The zero-order valence-electron chi connectivity index (χ0n) is 15.5. The number of nitrogens with one attached hydrogen (secondary N) is 1. The van der Waals surface area contributed by atoms with Crippen molar-refractivity contribution in [3.8, 4) is 0 Å². The standard InChI is InChI=1S/C14H20ClN6O8P/c1-2-17-11(24)13(30(25,26)27)28-3-5-7(22)8(23)12(29-5)21-4-18-6-9(16)19-14(15)20-10(6)21/h4-5,7-8,12-13,22-23H,2-3H2,1H3,(H,17,24)(H2,16,19,20)(H2,25,26,27)/t5-,7+,8-,12-,13-/m1/s1. The summed E-state index contributed by atoms with van der Waals surface area (Å²) < 4.78 is 23.5. The number of carbonyl (C=O) groups excluding carboxylic acids is 1. The van der Waals surface area contributed by atoms with Crippen LogP contribution < -0.4 is 11.1 Å². The third-order valence-electron chi connectivity index (χ3n) is 4.33. The van der Waals surface area contributed by atoms with Crippen molar-refractivity contribution in [3.05, 3.63) is 11.6 Å². The zero-order valence-corrected chi connectivity index (χ0v) is 17.1. The highest BCUT2D eigenvalue weighted by Gasteiger charge is 2.46. The topological polar surface area (TPSA) is 215 Å². The van der Waals surface area contributed by atoms with Gasteiger partial charge in [0.05, 0.1) is 12.9 Å². The fourth-order valence-corrected chi connectivity index (χ4v) is 3.81. The zero-order chi connectivity index (χ0) is 22.2. The van der Waals surface area contributed by atoms with E-state index in [1.165, 1.54) is 10.9 Å². The van der Waals surface area contributed by atoms with E-state index in [-0.39, 0.29) is 28.8 Å².